The van der Waals surface area contributed by atoms with Crippen LogP contribution in [0.3, 0.4) is 0 Å². The van der Waals surface area contributed by atoms with Crippen molar-refractivity contribution in [2.45, 2.75) is 84.0 Å². The van der Waals surface area contributed by atoms with Crippen LogP contribution in [0.4, 0.5) is 0 Å². The number of hydrogen-bond donors (Lipinski definition) is 2. The number of unbranched alkanes of at least 4 members (excludes halogenated alkanes) is 11. The monoisotopic (exact) mass is 348 g/mol. The molecule has 0 unspecified atom stereocenters. The van der Waals surface area contributed by atoms with E-state index >= 15 is 0 Å². The van der Waals surface area contributed by atoms with E-state index in [4.69, 9.17) is 5.73 Å². The first-order valence-electron chi connectivity index (χ1n) is 8.56. The average molecular weight is 349 g/mol. The maximum atomic E-state index is 10.9. The molecule has 22 heavy (non-hydrogen) atoms. The van der Waals surface area contributed by atoms with Crippen LogP contribution in [0.2, 0.25) is 0 Å². The van der Waals surface area contributed by atoms with Gasteiger partial charge in [-0.25, -0.2) is 0 Å². The van der Waals surface area contributed by atoms with E-state index in [1.165, 1.54) is 81.6 Å². The lowest BCUT2D eigenvalue weighted by Crippen LogP contribution is -2.31. The van der Waals surface area contributed by atoms with Gasteiger partial charge in [-0.3, -0.25) is 14.3 Å². The fraction of sp³-hybridized carbons (Fsp3) is 0.875. The van der Waals surface area contributed by atoms with Crippen molar-refractivity contribution in [2.75, 3.05) is 5.75 Å². The Morgan fingerprint density at radius 2 is 1.27 bits per heavy atom. The smallest absolute Gasteiger partial charge is 0.319 e. The zero-order chi connectivity index (χ0) is 16.5. The van der Waals surface area contributed by atoms with E-state index in [-0.39, 0.29) is 0 Å². The maximum absolute atomic E-state index is 10.9. The summed E-state index contributed by atoms with van der Waals surface area (Å²) >= 11 is 0. The van der Waals surface area contributed by atoms with Gasteiger partial charge in [0.25, 0.3) is 0 Å². The summed E-state index contributed by atoms with van der Waals surface area (Å²) in [6.07, 6.45) is 16.1. The number of carbonyl (C=O) groups is 2. The molecule has 3 N–H and O–H groups in total. The van der Waals surface area contributed by atoms with E-state index in [0.29, 0.717) is 0 Å². The van der Waals surface area contributed by atoms with E-state index in [1.54, 1.807) is 10.8 Å². The molecular weight excluding hydrogens is 316 g/mol. The first kappa shape index (κ1) is 21.6. The molecule has 4 nitrogen and oxygen atoms in total. The van der Waals surface area contributed by atoms with Crippen LogP contribution in [0.1, 0.15) is 84.0 Å². The molecule has 0 aliphatic rings. The molecule has 0 aliphatic carbocycles. The number of primary amides is 1. The minimum Gasteiger partial charge on any atom is -0.361 e. The van der Waals surface area contributed by atoms with E-state index in [9.17, 15) is 9.59 Å². The van der Waals surface area contributed by atoms with Gasteiger partial charge >= 0.3 is 11.8 Å². The Morgan fingerprint density at radius 1 is 0.818 bits per heavy atom. The molecule has 0 heterocycles. The summed E-state index contributed by atoms with van der Waals surface area (Å²) in [5.41, 5.74) is 4.82. The van der Waals surface area contributed by atoms with Crippen molar-refractivity contribution in [3.8, 4) is 0 Å². The van der Waals surface area contributed by atoms with Gasteiger partial charge in [0.2, 0.25) is 0 Å². The third-order valence-corrected chi connectivity index (χ3v) is 5.44. The first-order chi connectivity index (χ1) is 10.7. The third kappa shape index (κ3) is 16.0. The van der Waals surface area contributed by atoms with Crippen LogP contribution in [0.15, 0.2) is 0 Å². The van der Waals surface area contributed by atoms with Crippen molar-refractivity contribution in [1.29, 1.82) is 0 Å². The van der Waals surface area contributed by atoms with Crippen molar-refractivity contribution in [3.05, 3.63) is 0 Å². The van der Waals surface area contributed by atoms with Crippen LogP contribution in [0.25, 0.3) is 0 Å². The molecule has 0 spiro atoms. The summed E-state index contributed by atoms with van der Waals surface area (Å²) in [5.74, 6) is -0.674. The topological polar surface area (TPSA) is 72.2 Å². The van der Waals surface area contributed by atoms with Crippen LogP contribution in [0, 0.1) is 0 Å². The lowest BCUT2D eigenvalue weighted by molar-refractivity contribution is -0.136. The van der Waals surface area contributed by atoms with E-state index in [2.05, 4.69) is 11.6 Å². The standard InChI is InChI=1S/C16H32N2O2S2/c1-2-3-4-5-6-7-8-9-10-11-12-13-14-21-22-18-16(20)15(17)19/h2-14H2,1H3,(H2,17,19)(H,18,20). The SMILES string of the molecule is CCCCCCCCCCCCCCSSNC(=O)C(N)=O. The predicted octanol–water partition coefficient (Wildman–Crippen LogP) is 4.59. The molecule has 2 amide bonds. The molecule has 0 fully saturated rings. The van der Waals surface area contributed by atoms with E-state index < -0.39 is 11.8 Å². The summed E-state index contributed by atoms with van der Waals surface area (Å²) in [6.45, 7) is 2.26. The molecule has 0 aliphatic heterocycles. The van der Waals surface area contributed by atoms with Crippen LogP contribution < -0.4 is 10.5 Å². The second-order valence-electron chi connectivity index (χ2n) is 5.59. The maximum Gasteiger partial charge on any atom is 0.319 e. The minimum absolute atomic E-state index is 0.729. The highest BCUT2D eigenvalue weighted by Crippen LogP contribution is 2.19. The van der Waals surface area contributed by atoms with Gasteiger partial charge in [0.15, 0.2) is 0 Å². The van der Waals surface area contributed by atoms with E-state index in [1.807, 2.05) is 0 Å². The number of nitrogens with two attached hydrogens (primary N) is 1. The van der Waals surface area contributed by atoms with Crippen LogP contribution in [-0.4, -0.2) is 17.6 Å². The molecule has 130 valence electrons. The van der Waals surface area contributed by atoms with Gasteiger partial charge in [-0.15, -0.1) is 0 Å². The minimum atomic E-state index is -0.932. The fourth-order valence-electron chi connectivity index (χ4n) is 2.16. The van der Waals surface area contributed by atoms with Crippen molar-refractivity contribution >= 4 is 33.6 Å². The van der Waals surface area contributed by atoms with Crippen molar-refractivity contribution in [3.63, 3.8) is 0 Å². The number of rotatable bonds is 15. The second kappa shape index (κ2) is 17.0. The predicted molar refractivity (Wildman–Crippen MR) is 98.5 cm³/mol. The number of carbonyl (C=O) groups excluding carboxylic acids is 2. The molecule has 0 saturated carbocycles. The summed E-state index contributed by atoms with van der Waals surface area (Å²) in [4.78, 5) is 21.3. The van der Waals surface area contributed by atoms with Gasteiger partial charge in [0.1, 0.15) is 0 Å². The molecule has 0 bridgehead atoms. The highest BCUT2D eigenvalue weighted by molar-refractivity contribution is 8.76. The Kier molecular flexibility index (Phi) is 16.7. The van der Waals surface area contributed by atoms with Gasteiger partial charge < -0.3 is 5.73 Å². The van der Waals surface area contributed by atoms with Crippen LogP contribution in [0.5, 0.6) is 0 Å². The Labute approximate surface area is 143 Å². The normalized spacial score (nSPS) is 10.6. The van der Waals surface area contributed by atoms with Crippen molar-refractivity contribution in [2.24, 2.45) is 5.73 Å². The molecule has 0 saturated heterocycles. The fourth-order valence-corrected chi connectivity index (χ4v) is 3.81. The van der Waals surface area contributed by atoms with Crippen LogP contribution >= 0.6 is 21.8 Å². The lowest BCUT2D eigenvalue weighted by Gasteiger charge is -2.03. The molecule has 6 heteroatoms. The molecular formula is C16H32N2O2S2. The number of hydrogen-bond acceptors (Lipinski definition) is 4. The van der Waals surface area contributed by atoms with Gasteiger partial charge in [0, 0.05) is 16.7 Å². The first-order valence-corrected chi connectivity index (χ1v) is 10.9. The largest absolute Gasteiger partial charge is 0.361 e. The Morgan fingerprint density at radius 3 is 1.73 bits per heavy atom. The highest BCUT2D eigenvalue weighted by atomic mass is 33.1. The molecule has 0 aromatic rings. The summed E-state index contributed by atoms with van der Waals surface area (Å²) < 4.78 is 2.39. The zero-order valence-electron chi connectivity index (χ0n) is 13.9. The average Bonchev–Trinajstić information content (AvgIpc) is 2.50. The molecule has 0 aromatic heterocycles. The number of nitrogens with one attached hydrogen (secondary N) is 1. The Hall–Kier alpha value is -0.360. The summed E-state index contributed by atoms with van der Waals surface area (Å²) in [5, 5.41) is 0. The molecule has 0 aromatic carbocycles. The van der Waals surface area contributed by atoms with Gasteiger partial charge in [-0.2, -0.15) is 0 Å². The van der Waals surface area contributed by atoms with Crippen molar-refractivity contribution in [1.82, 2.24) is 4.72 Å². The van der Waals surface area contributed by atoms with E-state index in [0.717, 1.165) is 12.2 Å². The second-order valence-corrected chi connectivity index (χ2v) is 7.81. The molecule has 0 radical (unpaired) electrons. The van der Waals surface area contributed by atoms with Gasteiger partial charge in [0.05, 0.1) is 0 Å². The Balaban J connectivity index is 3.05. The molecule has 0 atom stereocenters. The number of amides is 2. The van der Waals surface area contributed by atoms with Gasteiger partial charge in [-0.1, -0.05) is 88.3 Å². The zero-order valence-corrected chi connectivity index (χ0v) is 15.5. The third-order valence-electron chi connectivity index (χ3n) is 3.50. The quantitative estimate of drug-likeness (QED) is 0.196. The summed E-state index contributed by atoms with van der Waals surface area (Å²) in [7, 11) is 2.75. The summed E-state index contributed by atoms with van der Waals surface area (Å²) in [6, 6.07) is 0. The van der Waals surface area contributed by atoms with Crippen LogP contribution in [-0.2, 0) is 9.59 Å². The van der Waals surface area contributed by atoms with Gasteiger partial charge in [-0.05, 0) is 6.42 Å². The van der Waals surface area contributed by atoms with Crippen molar-refractivity contribution < 1.29 is 9.59 Å². The lowest BCUT2D eigenvalue weighted by atomic mass is 10.1. The molecule has 0 rings (SSSR count). The Bertz CT molecular complexity index is 289. The highest BCUT2D eigenvalue weighted by Gasteiger charge is 2.07.